The second kappa shape index (κ2) is 18.8. The van der Waals surface area contributed by atoms with Crippen LogP contribution in [0, 0.1) is 12.1 Å². The zero-order valence-corrected chi connectivity index (χ0v) is 40.4. The van der Waals surface area contributed by atoms with Crippen molar-refractivity contribution in [3.63, 3.8) is 0 Å². The van der Waals surface area contributed by atoms with Crippen LogP contribution in [-0.2, 0) is 26.5 Å². The minimum atomic E-state index is -1.76. The molecule has 1 radical (unpaired) electrons. The molecule has 0 bridgehead atoms. The molecule has 6 aromatic carbocycles. The molecule has 10 aromatic rings. The summed E-state index contributed by atoms with van der Waals surface area (Å²) in [5, 5.41) is 11.6. The van der Waals surface area contributed by atoms with Crippen LogP contribution in [0.25, 0.3) is 72.7 Å². The van der Waals surface area contributed by atoms with Crippen molar-refractivity contribution >= 4 is 46.5 Å². The van der Waals surface area contributed by atoms with Crippen molar-refractivity contribution in [3.05, 3.63) is 186 Å². The van der Waals surface area contributed by atoms with E-state index >= 15 is 0 Å². The largest absolute Gasteiger partial charge is 0.501 e. The Hall–Kier alpha value is -6.38. The molecule has 0 aliphatic carbocycles. The fraction of sp³-hybridized carbons (Fsp3) is 0.182. The first-order valence-electron chi connectivity index (χ1n) is 22.5. The molecule has 0 N–H and O–H groups in total. The normalized spacial score (nSPS) is 12.3. The molecular formula is C55H50IrN6OSi-2. The third kappa shape index (κ3) is 8.89. The molecule has 321 valence electrons. The van der Waals surface area contributed by atoms with Gasteiger partial charge in [0.2, 0.25) is 5.65 Å². The summed E-state index contributed by atoms with van der Waals surface area (Å²) in [6, 6.07) is 52.8. The molecule has 4 heterocycles. The Morgan fingerprint density at radius 2 is 1.41 bits per heavy atom. The molecule has 4 aromatic heterocycles. The summed E-state index contributed by atoms with van der Waals surface area (Å²) >= 11 is 0. The molecule has 0 fully saturated rings. The first-order valence-corrected chi connectivity index (χ1v) is 25.0. The molecule has 7 nitrogen and oxygen atoms in total. The van der Waals surface area contributed by atoms with Gasteiger partial charge in [-0.15, -0.1) is 64.3 Å². The topological polar surface area (TPSA) is 82.5 Å². The number of hydrogen-bond acceptors (Lipinski definition) is 6. The number of pyridine rings is 1. The van der Waals surface area contributed by atoms with Crippen LogP contribution in [0.15, 0.2) is 156 Å². The molecule has 0 saturated carbocycles. The van der Waals surface area contributed by atoms with Crippen LogP contribution in [0.5, 0.6) is 0 Å². The maximum absolute atomic E-state index is 8.84. The van der Waals surface area contributed by atoms with Gasteiger partial charge in [0.25, 0.3) is 0 Å². The van der Waals surface area contributed by atoms with E-state index in [9.17, 15) is 0 Å². The molecule has 9 heteroatoms. The summed E-state index contributed by atoms with van der Waals surface area (Å²) in [5.74, 6) is 1.16. The minimum absolute atomic E-state index is 0. The van der Waals surface area contributed by atoms with Crippen LogP contribution < -0.4 is 5.19 Å². The number of para-hydroxylation sites is 1. The van der Waals surface area contributed by atoms with Crippen LogP contribution in [0.2, 0.25) is 19.6 Å². The molecule has 64 heavy (non-hydrogen) atoms. The van der Waals surface area contributed by atoms with Gasteiger partial charge in [-0.1, -0.05) is 149 Å². The van der Waals surface area contributed by atoms with Gasteiger partial charge in [-0.25, -0.2) is 4.98 Å². The molecule has 0 spiro atoms. The van der Waals surface area contributed by atoms with E-state index in [-0.39, 0.29) is 31.9 Å². The van der Waals surface area contributed by atoms with Crippen LogP contribution in [0.4, 0.5) is 0 Å². The second-order valence-corrected chi connectivity index (χ2v) is 22.4. The van der Waals surface area contributed by atoms with Gasteiger partial charge >= 0.3 is 0 Å². The van der Waals surface area contributed by atoms with E-state index in [0.29, 0.717) is 22.7 Å². The number of aromatic nitrogens is 6. The van der Waals surface area contributed by atoms with Crippen molar-refractivity contribution in [1.82, 2.24) is 29.7 Å². The Morgan fingerprint density at radius 1 is 0.719 bits per heavy atom. The Labute approximate surface area is 392 Å². The van der Waals surface area contributed by atoms with Gasteiger partial charge < -0.3 is 14.0 Å². The number of rotatable bonds is 9. The number of hydrogen-bond donors (Lipinski definition) is 0. The summed E-state index contributed by atoms with van der Waals surface area (Å²) in [7, 11) is -1.76. The van der Waals surface area contributed by atoms with Crippen LogP contribution in [-0.4, -0.2) is 37.8 Å². The van der Waals surface area contributed by atoms with E-state index in [4.69, 9.17) is 17.1 Å². The Bertz CT molecular complexity index is 3270. The maximum Gasteiger partial charge on any atom is 0.210 e. The fourth-order valence-electron chi connectivity index (χ4n) is 8.13. The Morgan fingerprint density at radius 3 is 2.09 bits per heavy atom. The number of furan rings is 1. The van der Waals surface area contributed by atoms with Crippen molar-refractivity contribution in [2.45, 2.75) is 65.5 Å². The molecule has 0 atom stereocenters. The Balaban J connectivity index is 0.000000197. The van der Waals surface area contributed by atoms with Crippen LogP contribution in [0.3, 0.4) is 0 Å². The second-order valence-electron chi connectivity index (χ2n) is 17.4. The molecule has 0 amide bonds. The standard InChI is InChI=1S/C34H28N5O.C21H22NSi.Ir/c1-20(2)27-17-23(22-11-6-5-7-12-22)18-28(21(3)4)30(27)39-33(37-32-34(39)35-19-36-38-32)26-15-10-14-25-24-13-8-9-16-29(24)40-31(25)26;1-23(2,3)21-16-22-20(18-12-8-5-9-13-18)15-19(21)14-17-10-6-4-7-11-17;/h5-14,16-21H,1-4H3;4-12,15-16H,14H2,1-3H3;/q2*-1;/i;14D2;. The van der Waals surface area contributed by atoms with Crippen molar-refractivity contribution in [2.24, 2.45) is 0 Å². The van der Waals surface area contributed by atoms with Gasteiger partial charge in [-0.05, 0) is 75.1 Å². The zero-order chi connectivity index (χ0) is 45.5. The summed E-state index contributed by atoms with van der Waals surface area (Å²) in [4.78, 5) is 14.3. The van der Waals surface area contributed by atoms with Crippen molar-refractivity contribution in [2.75, 3.05) is 0 Å². The SMILES string of the molecule is CC(C)c1cc(-c2ccccc2)cc(C(C)C)c1-n1c(-c2[c-]ccc3c2oc2ccccc23)nc2nncnc21.[2H]C([2H])(c1ccccc1)c1cc(-c2[c-]cccc2)ncc1[Si](C)(C)C.[Ir]. The predicted octanol–water partition coefficient (Wildman–Crippen LogP) is 13.2. The van der Waals surface area contributed by atoms with E-state index in [1.165, 1.54) is 28.6 Å². The molecule has 0 aliphatic heterocycles. The molecule has 0 unspecified atom stereocenters. The Kier molecular flexibility index (Phi) is 12.2. The quantitative estimate of drug-likeness (QED) is 0.106. The smallest absolute Gasteiger partial charge is 0.210 e. The number of fused-ring (bicyclic) bond motifs is 4. The number of benzene rings is 6. The molecule has 10 rings (SSSR count). The van der Waals surface area contributed by atoms with Gasteiger partial charge in [0.1, 0.15) is 11.9 Å². The monoisotopic (exact) mass is 1030 g/mol. The van der Waals surface area contributed by atoms with E-state index in [2.05, 4.69) is 128 Å². The van der Waals surface area contributed by atoms with Crippen molar-refractivity contribution in [1.29, 1.82) is 0 Å². The van der Waals surface area contributed by atoms with E-state index in [1.807, 2.05) is 97.2 Å². The summed E-state index contributed by atoms with van der Waals surface area (Å²) in [6.45, 7) is 15.6. The van der Waals surface area contributed by atoms with Gasteiger partial charge in [0, 0.05) is 40.1 Å². The minimum Gasteiger partial charge on any atom is -0.501 e. The summed E-state index contributed by atoms with van der Waals surface area (Å²) in [5.41, 5.74) is 12.4. The van der Waals surface area contributed by atoms with Crippen molar-refractivity contribution < 1.29 is 27.3 Å². The number of imidazole rings is 1. The average Bonchev–Trinajstić information content (AvgIpc) is 3.90. The summed E-state index contributed by atoms with van der Waals surface area (Å²) in [6.07, 6.45) is 1.79. The molecular weight excluding hydrogens is 981 g/mol. The van der Waals surface area contributed by atoms with E-state index in [1.54, 1.807) is 0 Å². The average molecular weight is 1030 g/mol. The summed E-state index contributed by atoms with van der Waals surface area (Å²) < 4.78 is 26.2. The van der Waals surface area contributed by atoms with Crippen molar-refractivity contribution in [3.8, 4) is 39.5 Å². The zero-order valence-electron chi connectivity index (χ0n) is 39.0. The fourth-order valence-corrected chi connectivity index (χ4v) is 9.52. The predicted molar refractivity (Wildman–Crippen MR) is 260 cm³/mol. The third-order valence-electron chi connectivity index (χ3n) is 11.3. The molecule has 0 aliphatic rings. The van der Waals surface area contributed by atoms with Gasteiger partial charge in [0.15, 0.2) is 5.65 Å². The first-order chi connectivity index (χ1) is 31.3. The van der Waals surface area contributed by atoms with Crippen LogP contribution in [0.1, 0.15) is 64.5 Å². The van der Waals surface area contributed by atoms with E-state index in [0.717, 1.165) is 55.2 Å². The van der Waals surface area contributed by atoms with Gasteiger partial charge in [-0.3, -0.25) is 4.98 Å². The van der Waals surface area contributed by atoms with Gasteiger partial charge in [-0.2, -0.15) is 0 Å². The molecule has 0 saturated heterocycles. The van der Waals surface area contributed by atoms with Crippen LogP contribution >= 0.6 is 0 Å². The first kappa shape index (κ1) is 41.6. The number of nitrogens with zero attached hydrogens (tertiary/aromatic N) is 6. The third-order valence-corrected chi connectivity index (χ3v) is 13.3. The maximum atomic E-state index is 8.84. The van der Waals surface area contributed by atoms with Gasteiger partial charge in [0.05, 0.1) is 19.5 Å². The van der Waals surface area contributed by atoms with E-state index < -0.39 is 14.4 Å².